The predicted octanol–water partition coefficient (Wildman–Crippen LogP) is -0.318. The summed E-state index contributed by atoms with van der Waals surface area (Å²) in [6.07, 6.45) is 0.715. The van der Waals surface area contributed by atoms with Gasteiger partial charge in [0.1, 0.15) is 0 Å². The fourth-order valence-electron chi connectivity index (χ4n) is 1.28. The van der Waals surface area contributed by atoms with E-state index in [-0.39, 0.29) is 6.61 Å². The minimum Gasteiger partial charge on any atom is -0.394 e. The van der Waals surface area contributed by atoms with Gasteiger partial charge in [-0.15, -0.1) is 0 Å². The van der Waals surface area contributed by atoms with Gasteiger partial charge < -0.3 is 15.5 Å². The minimum absolute atomic E-state index is 0.115. The lowest BCUT2D eigenvalue weighted by Gasteiger charge is -2.09. The maximum Gasteiger partial charge on any atom is 0.0861 e. The van der Waals surface area contributed by atoms with Crippen molar-refractivity contribution in [1.82, 2.24) is 5.32 Å². The van der Waals surface area contributed by atoms with Crippen LogP contribution in [0.4, 0.5) is 0 Å². The van der Waals surface area contributed by atoms with Gasteiger partial charge in [-0.25, -0.2) is 0 Å². The summed E-state index contributed by atoms with van der Waals surface area (Å²) in [6.45, 7) is 2.13. The smallest absolute Gasteiger partial charge is 0.0861 e. The van der Waals surface area contributed by atoms with E-state index >= 15 is 0 Å². The lowest BCUT2D eigenvalue weighted by Crippen LogP contribution is -2.17. The zero-order chi connectivity index (χ0) is 8.81. The predicted molar refractivity (Wildman–Crippen MR) is 51.4 cm³/mol. The van der Waals surface area contributed by atoms with Gasteiger partial charge in [0.05, 0.1) is 12.7 Å². The molecule has 1 aliphatic heterocycles. The van der Waals surface area contributed by atoms with Gasteiger partial charge in [-0.1, -0.05) is 0 Å². The molecule has 0 aromatic heterocycles. The van der Waals surface area contributed by atoms with E-state index in [2.05, 4.69) is 5.32 Å². The Kier molecular flexibility index (Phi) is 4.99. The van der Waals surface area contributed by atoms with Crippen molar-refractivity contribution in [2.75, 3.05) is 31.2 Å². The highest BCUT2D eigenvalue weighted by Crippen LogP contribution is 2.15. The standard InChI is InChI=1S/C8H17NO2S/c10-4-8(11)6-12-5-7-1-2-9-3-7/h7-11H,1-6H2. The van der Waals surface area contributed by atoms with Crippen LogP contribution in [0.3, 0.4) is 0 Å². The Balaban J connectivity index is 1.94. The molecule has 4 heteroatoms. The van der Waals surface area contributed by atoms with Crippen LogP contribution < -0.4 is 5.32 Å². The lowest BCUT2D eigenvalue weighted by molar-refractivity contribution is 0.113. The molecule has 1 saturated heterocycles. The Labute approximate surface area is 77.5 Å². The molecule has 72 valence electrons. The van der Waals surface area contributed by atoms with E-state index in [1.807, 2.05) is 0 Å². The molecule has 0 radical (unpaired) electrons. The lowest BCUT2D eigenvalue weighted by atomic mass is 10.2. The van der Waals surface area contributed by atoms with Crippen molar-refractivity contribution in [1.29, 1.82) is 0 Å². The van der Waals surface area contributed by atoms with E-state index in [9.17, 15) is 0 Å². The van der Waals surface area contributed by atoms with Crippen LogP contribution in [0.5, 0.6) is 0 Å². The highest BCUT2D eigenvalue weighted by atomic mass is 32.2. The molecule has 3 nitrogen and oxygen atoms in total. The zero-order valence-corrected chi connectivity index (χ0v) is 8.02. The normalized spacial score (nSPS) is 26.0. The highest BCUT2D eigenvalue weighted by molar-refractivity contribution is 7.99. The Morgan fingerprint density at radius 1 is 1.58 bits per heavy atom. The average molecular weight is 191 g/mol. The topological polar surface area (TPSA) is 52.5 Å². The van der Waals surface area contributed by atoms with Crippen LogP contribution >= 0.6 is 11.8 Å². The molecule has 12 heavy (non-hydrogen) atoms. The van der Waals surface area contributed by atoms with Gasteiger partial charge in [-0.3, -0.25) is 0 Å². The second kappa shape index (κ2) is 5.80. The average Bonchev–Trinajstić information content (AvgIpc) is 2.57. The third-order valence-electron chi connectivity index (χ3n) is 2.04. The summed E-state index contributed by atoms with van der Waals surface area (Å²) < 4.78 is 0. The molecule has 0 aromatic carbocycles. The molecule has 0 saturated carbocycles. The molecule has 3 N–H and O–H groups in total. The van der Waals surface area contributed by atoms with E-state index in [1.54, 1.807) is 11.8 Å². The van der Waals surface area contributed by atoms with E-state index in [1.165, 1.54) is 6.42 Å². The first-order chi connectivity index (χ1) is 5.83. The van der Waals surface area contributed by atoms with Crippen LogP contribution in [0.15, 0.2) is 0 Å². The fraction of sp³-hybridized carbons (Fsp3) is 1.00. The van der Waals surface area contributed by atoms with Crippen LogP contribution in [0.25, 0.3) is 0 Å². The van der Waals surface area contributed by atoms with Crippen molar-refractivity contribution in [3.8, 4) is 0 Å². The summed E-state index contributed by atoms with van der Waals surface area (Å²) in [5, 5.41) is 20.9. The van der Waals surface area contributed by atoms with Gasteiger partial charge in [-0.05, 0) is 31.2 Å². The van der Waals surface area contributed by atoms with Crippen molar-refractivity contribution in [3.63, 3.8) is 0 Å². The maximum atomic E-state index is 9.05. The van der Waals surface area contributed by atoms with Crippen molar-refractivity contribution in [2.24, 2.45) is 5.92 Å². The number of hydrogen-bond acceptors (Lipinski definition) is 4. The highest BCUT2D eigenvalue weighted by Gasteiger charge is 2.14. The largest absolute Gasteiger partial charge is 0.394 e. The first-order valence-corrected chi connectivity index (χ1v) is 5.55. The van der Waals surface area contributed by atoms with Crippen LogP contribution in [0, 0.1) is 5.92 Å². The van der Waals surface area contributed by atoms with Crippen molar-refractivity contribution in [2.45, 2.75) is 12.5 Å². The molecular formula is C8H17NO2S. The summed E-state index contributed by atoms with van der Waals surface area (Å²) >= 11 is 1.73. The molecule has 1 rings (SSSR count). The first kappa shape index (κ1) is 10.3. The number of aliphatic hydroxyl groups excluding tert-OH is 2. The van der Waals surface area contributed by atoms with Gasteiger partial charge in [0.2, 0.25) is 0 Å². The van der Waals surface area contributed by atoms with Gasteiger partial charge in [0.15, 0.2) is 0 Å². The van der Waals surface area contributed by atoms with Crippen LogP contribution in [0.1, 0.15) is 6.42 Å². The molecule has 2 unspecified atom stereocenters. The molecular weight excluding hydrogens is 174 g/mol. The minimum atomic E-state index is -0.538. The number of thioether (sulfide) groups is 1. The van der Waals surface area contributed by atoms with Gasteiger partial charge in [0, 0.05) is 5.75 Å². The molecule has 2 atom stereocenters. The number of rotatable bonds is 5. The number of nitrogens with one attached hydrogen (secondary N) is 1. The third-order valence-corrected chi connectivity index (χ3v) is 3.36. The molecule has 0 aliphatic carbocycles. The van der Waals surface area contributed by atoms with Crippen LogP contribution in [-0.4, -0.2) is 47.5 Å². The van der Waals surface area contributed by atoms with Crippen molar-refractivity contribution < 1.29 is 10.2 Å². The number of hydrogen-bond donors (Lipinski definition) is 3. The third kappa shape index (κ3) is 3.76. The van der Waals surface area contributed by atoms with E-state index in [0.717, 1.165) is 24.8 Å². The maximum absolute atomic E-state index is 9.05. The van der Waals surface area contributed by atoms with E-state index < -0.39 is 6.10 Å². The Bertz CT molecular complexity index is 118. The Hall–Kier alpha value is 0.230. The molecule has 1 fully saturated rings. The van der Waals surface area contributed by atoms with Gasteiger partial charge >= 0.3 is 0 Å². The SMILES string of the molecule is OCC(O)CSCC1CCNC1. The van der Waals surface area contributed by atoms with Crippen LogP contribution in [0.2, 0.25) is 0 Å². The van der Waals surface area contributed by atoms with E-state index in [0.29, 0.717) is 5.75 Å². The summed E-state index contributed by atoms with van der Waals surface area (Å²) in [7, 11) is 0. The first-order valence-electron chi connectivity index (χ1n) is 4.40. The quantitative estimate of drug-likeness (QED) is 0.557. The Morgan fingerprint density at radius 3 is 3.00 bits per heavy atom. The summed E-state index contributed by atoms with van der Waals surface area (Å²) in [5.41, 5.74) is 0. The molecule has 0 aromatic rings. The molecule has 0 spiro atoms. The second-order valence-corrected chi connectivity index (χ2v) is 4.31. The fourth-order valence-corrected chi connectivity index (χ4v) is 2.41. The van der Waals surface area contributed by atoms with Crippen LogP contribution in [-0.2, 0) is 0 Å². The monoisotopic (exact) mass is 191 g/mol. The molecule has 1 heterocycles. The molecule has 0 amide bonds. The molecule has 0 bridgehead atoms. The Morgan fingerprint density at radius 2 is 2.42 bits per heavy atom. The number of aliphatic hydroxyl groups is 2. The van der Waals surface area contributed by atoms with Gasteiger partial charge in [0.25, 0.3) is 0 Å². The summed E-state index contributed by atoms with van der Waals surface area (Å²) in [5.74, 6) is 2.53. The summed E-state index contributed by atoms with van der Waals surface area (Å²) in [4.78, 5) is 0. The van der Waals surface area contributed by atoms with Crippen molar-refractivity contribution >= 4 is 11.8 Å². The summed E-state index contributed by atoms with van der Waals surface area (Å²) in [6, 6.07) is 0. The molecule has 1 aliphatic rings. The van der Waals surface area contributed by atoms with Crippen molar-refractivity contribution in [3.05, 3.63) is 0 Å². The van der Waals surface area contributed by atoms with Gasteiger partial charge in [-0.2, -0.15) is 11.8 Å². The van der Waals surface area contributed by atoms with E-state index in [4.69, 9.17) is 10.2 Å². The second-order valence-electron chi connectivity index (χ2n) is 3.23. The zero-order valence-electron chi connectivity index (χ0n) is 7.20.